The van der Waals surface area contributed by atoms with E-state index in [1.807, 2.05) is 24.3 Å². The first-order valence-corrected chi connectivity index (χ1v) is 7.45. The Labute approximate surface area is 123 Å². The summed E-state index contributed by atoms with van der Waals surface area (Å²) in [5.74, 6) is 2.07. The van der Waals surface area contributed by atoms with Crippen molar-refractivity contribution < 1.29 is 4.52 Å². The largest absolute Gasteiger partial charge is 0.339 e. The molecule has 5 heteroatoms. The van der Waals surface area contributed by atoms with Crippen molar-refractivity contribution in [2.24, 2.45) is 11.7 Å². The predicted molar refractivity (Wildman–Crippen MR) is 78.5 cm³/mol. The monoisotopic (exact) mass is 291 g/mol. The lowest BCUT2D eigenvalue weighted by Gasteiger charge is -2.27. The maximum Gasteiger partial charge on any atom is 0.230 e. The molecule has 0 bridgehead atoms. The minimum Gasteiger partial charge on any atom is -0.339 e. The molecule has 1 fully saturated rings. The van der Waals surface area contributed by atoms with E-state index in [4.69, 9.17) is 21.9 Å². The topological polar surface area (TPSA) is 64.9 Å². The van der Waals surface area contributed by atoms with Crippen LogP contribution in [0.2, 0.25) is 5.02 Å². The van der Waals surface area contributed by atoms with Gasteiger partial charge in [0.05, 0.1) is 0 Å². The second kappa shape index (κ2) is 5.94. The number of nitrogens with two attached hydrogens (primary N) is 1. The maximum atomic E-state index is 5.99. The number of benzene rings is 1. The summed E-state index contributed by atoms with van der Waals surface area (Å²) in [5, 5.41) is 4.76. The summed E-state index contributed by atoms with van der Waals surface area (Å²) < 4.78 is 5.47. The number of nitrogens with zero attached hydrogens (tertiary/aromatic N) is 2. The smallest absolute Gasteiger partial charge is 0.230 e. The van der Waals surface area contributed by atoms with Crippen LogP contribution in [0.4, 0.5) is 0 Å². The van der Waals surface area contributed by atoms with E-state index in [-0.39, 0.29) is 0 Å². The molecule has 1 heterocycles. The van der Waals surface area contributed by atoms with Gasteiger partial charge in [0.2, 0.25) is 11.7 Å². The molecule has 20 heavy (non-hydrogen) atoms. The molecule has 1 aliphatic rings. The lowest BCUT2D eigenvalue weighted by atomic mass is 9.79. The Morgan fingerprint density at radius 1 is 1.30 bits per heavy atom. The molecule has 1 aromatic heterocycles. The van der Waals surface area contributed by atoms with Crippen LogP contribution in [0.3, 0.4) is 0 Å². The van der Waals surface area contributed by atoms with Crippen LogP contribution in [-0.4, -0.2) is 16.7 Å². The highest BCUT2D eigenvalue weighted by Gasteiger charge is 2.30. The Kier molecular flexibility index (Phi) is 4.03. The molecule has 4 nitrogen and oxygen atoms in total. The van der Waals surface area contributed by atoms with Gasteiger partial charge in [-0.15, -0.1) is 0 Å². The van der Waals surface area contributed by atoms with Gasteiger partial charge < -0.3 is 10.3 Å². The first-order chi connectivity index (χ1) is 9.78. The zero-order chi connectivity index (χ0) is 13.9. The standard InChI is InChI=1S/C15H18ClN3O/c16-12-6-3-5-10(8-12)14-18-15(20-19-14)13-7-2-1-4-11(13)9-17/h3,5-6,8,11,13H,1-2,4,7,9,17H2. The molecular weight excluding hydrogens is 274 g/mol. The second-order valence-electron chi connectivity index (χ2n) is 5.35. The molecule has 2 N–H and O–H groups in total. The lowest BCUT2D eigenvalue weighted by Crippen LogP contribution is -2.25. The van der Waals surface area contributed by atoms with Crippen molar-refractivity contribution in [2.75, 3.05) is 6.54 Å². The summed E-state index contributed by atoms with van der Waals surface area (Å²) in [4.78, 5) is 4.55. The fourth-order valence-electron chi connectivity index (χ4n) is 2.95. The van der Waals surface area contributed by atoms with Crippen LogP contribution >= 0.6 is 11.6 Å². The first-order valence-electron chi connectivity index (χ1n) is 7.07. The highest BCUT2D eigenvalue weighted by molar-refractivity contribution is 6.30. The summed E-state index contributed by atoms with van der Waals surface area (Å²) in [6.07, 6.45) is 4.68. The number of halogens is 1. The van der Waals surface area contributed by atoms with Gasteiger partial charge in [0, 0.05) is 16.5 Å². The molecule has 106 valence electrons. The van der Waals surface area contributed by atoms with Gasteiger partial charge in [-0.1, -0.05) is 41.7 Å². The van der Waals surface area contributed by atoms with Crippen LogP contribution in [-0.2, 0) is 0 Å². The van der Waals surface area contributed by atoms with Crippen molar-refractivity contribution in [3.63, 3.8) is 0 Å². The van der Waals surface area contributed by atoms with E-state index in [2.05, 4.69) is 10.1 Å². The molecule has 0 spiro atoms. The van der Waals surface area contributed by atoms with Crippen LogP contribution in [0.1, 0.15) is 37.5 Å². The quantitative estimate of drug-likeness (QED) is 0.938. The van der Waals surface area contributed by atoms with E-state index >= 15 is 0 Å². The van der Waals surface area contributed by atoms with Crippen LogP contribution < -0.4 is 5.73 Å². The number of hydrogen-bond donors (Lipinski definition) is 1. The van der Waals surface area contributed by atoms with Gasteiger partial charge in [0.15, 0.2) is 0 Å². The fourth-order valence-corrected chi connectivity index (χ4v) is 3.14. The maximum absolute atomic E-state index is 5.99. The fraction of sp³-hybridized carbons (Fsp3) is 0.467. The van der Waals surface area contributed by atoms with E-state index in [0.717, 1.165) is 24.3 Å². The normalized spacial score (nSPS) is 22.9. The Morgan fingerprint density at radius 2 is 2.15 bits per heavy atom. The third-order valence-electron chi connectivity index (χ3n) is 4.05. The van der Waals surface area contributed by atoms with E-state index < -0.39 is 0 Å². The molecule has 0 aliphatic heterocycles. The van der Waals surface area contributed by atoms with E-state index in [0.29, 0.717) is 29.2 Å². The highest BCUT2D eigenvalue weighted by Crippen LogP contribution is 2.37. The Hall–Kier alpha value is -1.39. The van der Waals surface area contributed by atoms with Crippen molar-refractivity contribution in [3.8, 4) is 11.4 Å². The minimum atomic E-state index is 0.300. The Balaban J connectivity index is 1.86. The lowest BCUT2D eigenvalue weighted by molar-refractivity contribution is 0.249. The van der Waals surface area contributed by atoms with Crippen molar-refractivity contribution >= 4 is 11.6 Å². The molecule has 0 amide bonds. The van der Waals surface area contributed by atoms with Gasteiger partial charge in [-0.2, -0.15) is 4.98 Å². The Bertz CT molecular complexity index is 584. The molecule has 0 radical (unpaired) electrons. The summed E-state index contributed by atoms with van der Waals surface area (Å²) in [7, 11) is 0. The molecule has 1 saturated carbocycles. The Morgan fingerprint density at radius 3 is 2.95 bits per heavy atom. The summed E-state index contributed by atoms with van der Waals surface area (Å²) in [6, 6.07) is 7.49. The van der Waals surface area contributed by atoms with Gasteiger partial charge in [0.1, 0.15) is 0 Å². The molecule has 2 unspecified atom stereocenters. The van der Waals surface area contributed by atoms with E-state index in [9.17, 15) is 0 Å². The highest BCUT2D eigenvalue weighted by atomic mass is 35.5. The first kappa shape index (κ1) is 13.6. The van der Waals surface area contributed by atoms with Crippen LogP contribution in [0.25, 0.3) is 11.4 Å². The van der Waals surface area contributed by atoms with Gasteiger partial charge in [-0.3, -0.25) is 0 Å². The number of hydrogen-bond acceptors (Lipinski definition) is 4. The van der Waals surface area contributed by atoms with Gasteiger partial charge >= 0.3 is 0 Å². The van der Waals surface area contributed by atoms with Gasteiger partial charge in [-0.25, -0.2) is 0 Å². The van der Waals surface area contributed by atoms with Gasteiger partial charge in [-0.05, 0) is 37.4 Å². The molecular formula is C15H18ClN3O. The summed E-state index contributed by atoms with van der Waals surface area (Å²) >= 11 is 5.99. The number of aromatic nitrogens is 2. The van der Waals surface area contributed by atoms with E-state index in [1.165, 1.54) is 12.8 Å². The summed E-state index contributed by atoms with van der Waals surface area (Å²) in [5.41, 5.74) is 6.74. The van der Waals surface area contributed by atoms with Crippen LogP contribution in [0, 0.1) is 5.92 Å². The zero-order valence-corrected chi connectivity index (χ0v) is 12.0. The van der Waals surface area contributed by atoms with Crippen molar-refractivity contribution in [3.05, 3.63) is 35.2 Å². The molecule has 0 saturated heterocycles. The third-order valence-corrected chi connectivity index (χ3v) is 4.29. The average Bonchev–Trinajstić information content (AvgIpc) is 2.97. The summed E-state index contributed by atoms with van der Waals surface area (Å²) in [6.45, 7) is 0.680. The minimum absolute atomic E-state index is 0.300. The molecule has 2 atom stereocenters. The number of rotatable bonds is 3. The second-order valence-corrected chi connectivity index (χ2v) is 5.79. The van der Waals surface area contributed by atoms with Crippen molar-refractivity contribution in [1.29, 1.82) is 0 Å². The van der Waals surface area contributed by atoms with E-state index in [1.54, 1.807) is 0 Å². The van der Waals surface area contributed by atoms with Crippen molar-refractivity contribution in [2.45, 2.75) is 31.6 Å². The average molecular weight is 292 g/mol. The van der Waals surface area contributed by atoms with Crippen LogP contribution in [0.15, 0.2) is 28.8 Å². The SMILES string of the molecule is NCC1CCCCC1c1nc(-c2cccc(Cl)c2)no1. The molecule has 1 aliphatic carbocycles. The van der Waals surface area contributed by atoms with Crippen molar-refractivity contribution in [1.82, 2.24) is 10.1 Å². The zero-order valence-electron chi connectivity index (χ0n) is 11.3. The third kappa shape index (κ3) is 2.72. The van der Waals surface area contributed by atoms with Crippen LogP contribution in [0.5, 0.6) is 0 Å². The molecule has 3 rings (SSSR count). The predicted octanol–water partition coefficient (Wildman–Crippen LogP) is 3.62. The molecule has 2 aromatic rings. The molecule has 1 aromatic carbocycles. The van der Waals surface area contributed by atoms with Gasteiger partial charge in [0.25, 0.3) is 0 Å².